The van der Waals surface area contributed by atoms with Gasteiger partial charge in [-0.1, -0.05) is 12.1 Å². The lowest BCUT2D eigenvalue weighted by atomic mass is 10.1. The van der Waals surface area contributed by atoms with E-state index in [1.54, 1.807) is 37.7 Å². The zero-order valence-corrected chi connectivity index (χ0v) is 16.8. The van der Waals surface area contributed by atoms with Crippen LogP contribution in [0.3, 0.4) is 0 Å². The molecule has 6 nitrogen and oxygen atoms in total. The number of aryl methyl sites for hydroxylation is 2. The van der Waals surface area contributed by atoms with Crippen LogP contribution in [0.25, 0.3) is 6.08 Å². The van der Waals surface area contributed by atoms with Gasteiger partial charge in [-0.3, -0.25) is 4.99 Å². The third-order valence-electron chi connectivity index (χ3n) is 4.16. The van der Waals surface area contributed by atoms with Gasteiger partial charge in [-0.05, 0) is 66.4 Å². The third kappa shape index (κ3) is 5.26. The van der Waals surface area contributed by atoms with E-state index in [-0.39, 0.29) is 0 Å². The molecule has 1 N–H and O–H groups in total. The van der Waals surface area contributed by atoms with Crippen molar-refractivity contribution in [1.82, 2.24) is 9.97 Å². The summed E-state index contributed by atoms with van der Waals surface area (Å²) >= 11 is 0. The highest BCUT2D eigenvalue weighted by Gasteiger charge is 2.10. The van der Waals surface area contributed by atoms with E-state index in [4.69, 9.17) is 10.00 Å². The van der Waals surface area contributed by atoms with Crippen molar-refractivity contribution in [3.63, 3.8) is 0 Å². The summed E-state index contributed by atoms with van der Waals surface area (Å²) in [5.74, 6) is 0.552. The first-order valence-electron chi connectivity index (χ1n) is 9.17. The Morgan fingerprint density at radius 2 is 1.83 bits per heavy atom. The molecular weight excluding hydrogens is 381 g/mol. The van der Waals surface area contributed by atoms with Crippen LogP contribution in [-0.4, -0.2) is 23.2 Å². The first-order valence-corrected chi connectivity index (χ1v) is 9.17. The van der Waals surface area contributed by atoms with Crippen molar-refractivity contribution in [2.45, 2.75) is 13.8 Å². The molecule has 0 atom stereocenters. The maximum Gasteiger partial charge on any atom is 0.230 e. The summed E-state index contributed by atoms with van der Waals surface area (Å²) < 4.78 is 19.2. The average molecular weight is 401 g/mol. The first-order chi connectivity index (χ1) is 14.5. The molecule has 1 heterocycles. The van der Waals surface area contributed by atoms with Gasteiger partial charge < -0.3 is 10.1 Å². The quantitative estimate of drug-likeness (QED) is 0.435. The van der Waals surface area contributed by atoms with Crippen LogP contribution in [-0.2, 0) is 0 Å². The number of ether oxygens (including phenoxy) is 1. The van der Waals surface area contributed by atoms with Crippen LogP contribution in [0.5, 0.6) is 11.6 Å². The molecule has 30 heavy (non-hydrogen) atoms. The van der Waals surface area contributed by atoms with Crippen LogP contribution >= 0.6 is 0 Å². The summed E-state index contributed by atoms with van der Waals surface area (Å²) in [5.41, 5.74) is 4.03. The van der Waals surface area contributed by atoms with Crippen molar-refractivity contribution in [1.29, 1.82) is 5.26 Å². The van der Waals surface area contributed by atoms with E-state index in [2.05, 4.69) is 20.3 Å². The zero-order chi connectivity index (χ0) is 21.5. The van der Waals surface area contributed by atoms with Crippen molar-refractivity contribution in [2.75, 3.05) is 12.4 Å². The number of nitrogens with zero attached hydrogens (tertiary/aromatic N) is 4. The lowest BCUT2D eigenvalue weighted by Gasteiger charge is -2.13. The Morgan fingerprint density at radius 1 is 1.13 bits per heavy atom. The predicted octanol–water partition coefficient (Wildman–Crippen LogP) is 5.51. The van der Waals surface area contributed by atoms with Gasteiger partial charge in [0, 0.05) is 31.2 Å². The lowest BCUT2D eigenvalue weighted by molar-refractivity contribution is 0.455. The topological polar surface area (TPSA) is 83.2 Å². The van der Waals surface area contributed by atoms with Gasteiger partial charge in [-0.15, -0.1) is 0 Å². The molecule has 150 valence electrons. The lowest BCUT2D eigenvalue weighted by Crippen LogP contribution is -2.00. The minimum absolute atomic E-state index is 0.375. The second-order valence-electron chi connectivity index (χ2n) is 6.54. The second kappa shape index (κ2) is 9.43. The van der Waals surface area contributed by atoms with Crippen LogP contribution in [0, 0.1) is 25.2 Å². The highest BCUT2D eigenvalue weighted by Crippen LogP contribution is 2.30. The minimum Gasteiger partial charge on any atom is -0.438 e. The summed E-state index contributed by atoms with van der Waals surface area (Å²) in [6.45, 7) is 3.71. The molecule has 0 bridgehead atoms. The van der Waals surface area contributed by atoms with Crippen molar-refractivity contribution in [3.8, 4) is 17.7 Å². The maximum atomic E-state index is 13.3. The predicted molar refractivity (Wildman–Crippen MR) is 116 cm³/mol. The SMILES string of the molecule is C/N=C\c1ccc(Nc2nccc(Oc3c(C)cc(/C=C(/F)C#N)cc3C)n2)cc1. The number of hydrogen-bond donors (Lipinski definition) is 1. The number of benzene rings is 2. The normalized spacial score (nSPS) is 11.4. The van der Waals surface area contributed by atoms with Gasteiger partial charge in [-0.25, -0.2) is 4.98 Å². The molecule has 3 rings (SSSR count). The Morgan fingerprint density at radius 3 is 2.47 bits per heavy atom. The molecule has 3 aromatic rings. The van der Waals surface area contributed by atoms with Crippen LogP contribution in [0.1, 0.15) is 22.3 Å². The number of aliphatic imine (C=N–C) groups is 1. The Bertz CT molecular complexity index is 1120. The molecule has 7 heteroatoms. The Hall–Kier alpha value is -4.05. The van der Waals surface area contributed by atoms with Crippen molar-refractivity contribution in [2.24, 2.45) is 4.99 Å². The van der Waals surface area contributed by atoms with Gasteiger partial charge in [0.2, 0.25) is 17.7 Å². The van der Waals surface area contributed by atoms with Crippen molar-refractivity contribution >= 4 is 23.9 Å². The first kappa shape index (κ1) is 20.7. The molecule has 0 aliphatic rings. The van der Waals surface area contributed by atoms with Crippen LogP contribution < -0.4 is 10.1 Å². The molecule has 1 aromatic heterocycles. The van der Waals surface area contributed by atoms with Gasteiger partial charge in [0.15, 0.2) is 0 Å². The van der Waals surface area contributed by atoms with Crippen LogP contribution in [0.15, 0.2) is 59.5 Å². The summed E-state index contributed by atoms with van der Waals surface area (Å²) in [6, 6.07) is 14.3. The summed E-state index contributed by atoms with van der Waals surface area (Å²) in [4.78, 5) is 12.6. The molecule has 0 saturated heterocycles. The fourth-order valence-corrected chi connectivity index (χ4v) is 2.90. The van der Waals surface area contributed by atoms with E-state index in [0.29, 0.717) is 23.1 Å². The number of allylic oxidation sites excluding steroid dienone is 1. The summed E-state index contributed by atoms with van der Waals surface area (Å²) in [7, 11) is 1.73. The molecule has 0 radical (unpaired) electrons. The van der Waals surface area contributed by atoms with Gasteiger partial charge >= 0.3 is 0 Å². The highest BCUT2D eigenvalue weighted by atomic mass is 19.1. The molecule has 0 aliphatic carbocycles. The van der Waals surface area contributed by atoms with Gasteiger partial charge in [0.25, 0.3) is 0 Å². The molecule has 2 aromatic carbocycles. The fourth-order valence-electron chi connectivity index (χ4n) is 2.90. The van der Waals surface area contributed by atoms with E-state index in [1.165, 1.54) is 12.1 Å². The molecule has 0 spiro atoms. The zero-order valence-electron chi connectivity index (χ0n) is 16.8. The number of nitriles is 1. The van der Waals surface area contributed by atoms with E-state index in [9.17, 15) is 4.39 Å². The van der Waals surface area contributed by atoms with Crippen LogP contribution in [0.2, 0.25) is 0 Å². The van der Waals surface area contributed by atoms with Gasteiger partial charge in [0.05, 0.1) is 0 Å². The number of aromatic nitrogens is 2. The molecule has 0 aliphatic heterocycles. The Labute approximate surface area is 174 Å². The van der Waals surface area contributed by atoms with Crippen molar-refractivity contribution in [3.05, 3.63) is 76.7 Å². The van der Waals surface area contributed by atoms with Gasteiger partial charge in [0.1, 0.15) is 11.8 Å². The van der Waals surface area contributed by atoms with Crippen LogP contribution in [0.4, 0.5) is 16.0 Å². The monoisotopic (exact) mass is 401 g/mol. The van der Waals surface area contributed by atoms with E-state index < -0.39 is 5.83 Å². The van der Waals surface area contributed by atoms with Crippen molar-refractivity contribution < 1.29 is 9.13 Å². The number of hydrogen-bond acceptors (Lipinski definition) is 6. The fraction of sp³-hybridized carbons (Fsp3) is 0.130. The maximum absolute atomic E-state index is 13.3. The largest absolute Gasteiger partial charge is 0.438 e. The number of anilines is 2. The Balaban J connectivity index is 1.79. The number of nitrogens with one attached hydrogen (secondary N) is 1. The smallest absolute Gasteiger partial charge is 0.230 e. The van der Waals surface area contributed by atoms with Gasteiger partial charge in [-0.2, -0.15) is 14.6 Å². The standard InChI is InChI=1S/C23H20FN5O/c1-15-10-18(12-19(24)13-25)11-16(2)22(15)30-21-8-9-27-23(29-21)28-20-6-4-17(5-7-20)14-26-3/h4-12,14H,1-3H3,(H,27,28,29)/b19-12+,26-14-. The average Bonchev–Trinajstić information content (AvgIpc) is 2.72. The second-order valence-corrected chi connectivity index (χ2v) is 6.54. The van der Waals surface area contributed by atoms with E-state index in [1.807, 2.05) is 38.1 Å². The number of halogens is 1. The molecule has 0 saturated carbocycles. The minimum atomic E-state index is -0.844. The Kier molecular flexibility index (Phi) is 6.50. The van der Waals surface area contributed by atoms with E-state index in [0.717, 1.165) is 22.4 Å². The summed E-state index contributed by atoms with van der Waals surface area (Å²) in [5, 5.41) is 11.7. The molecule has 0 unspecified atom stereocenters. The highest BCUT2D eigenvalue weighted by molar-refractivity contribution is 5.80. The summed E-state index contributed by atoms with van der Waals surface area (Å²) in [6.07, 6.45) is 4.57. The molecule has 0 fully saturated rings. The third-order valence-corrected chi connectivity index (χ3v) is 4.16. The van der Waals surface area contributed by atoms with E-state index >= 15 is 0 Å². The molecular formula is C23H20FN5O. The number of rotatable bonds is 6. The molecule has 0 amide bonds.